The molecule has 0 fully saturated rings. The first kappa shape index (κ1) is 8.78. The predicted molar refractivity (Wildman–Crippen MR) is 40.6 cm³/mol. The van der Waals surface area contributed by atoms with Gasteiger partial charge in [-0.05, 0) is 12.8 Å². The van der Waals surface area contributed by atoms with Gasteiger partial charge in [0.05, 0.1) is 5.75 Å². The summed E-state index contributed by atoms with van der Waals surface area (Å²) in [6.07, 6.45) is 1.88. The number of nitrogens with one attached hydrogen (secondary N) is 2. The molecular formula is C5H11N2OS-. The van der Waals surface area contributed by atoms with Crippen molar-refractivity contribution in [1.29, 1.82) is 0 Å². The lowest BCUT2D eigenvalue weighted by Crippen LogP contribution is -2.26. The van der Waals surface area contributed by atoms with Gasteiger partial charge in [0, 0.05) is 0 Å². The summed E-state index contributed by atoms with van der Waals surface area (Å²) in [6.45, 7) is 0.736. The van der Waals surface area contributed by atoms with Gasteiger partial charge in [0.15, 0.2) is 0 Å². The number of carbonyl (C=O) groups excluding carboxylic acids is 1. The highest BCUT2D eigenvalue weighted by molar-refractivity contribution is 7.99. The van der Waals surface area contributed by atoms with Gasteiger partial charge in [-0.15, -0.1) is 6.54 Å². The zero-order chi connectivity index (χ0) is 7.11. The van der Waals surface area contributed by atoms with Crippen LogP contribution in [0.1, 0.15) is 0 Å². The SMILES string of the molecule is CSCC(=O)NCC[NH-]. The number of carbonyl (C=O) groups is 1. The van der Waals surface area contributed by atoms with Crippen LogP contribution in [0.5, 0.6) is 0 Å². The first-order valence-corrected chi connectivity index (χ1v) is 4.11. The molecule has 0 atom stereocenters. The first-order valence-electron chi connectivity index (χ1n) is 2.71. The fourth-order valence-corrected chi connectivity index (χ4v) is 0.748. The molecule has 0 aliphatic carbocycles. The van der Waals surface area contributed by atoms with Crippen molar-refractivity contribution in [3.8, 4) is 0 Å². The lowest BCUT2D eigenvalue weighted by molar-refractivity contribution is -0.118. The zero-order valence-corrected chi connectivity index (χ0v) is 6.25. The molecule has 0 rings (SSSR count). The van der Waals surface area contributed by atoms with Gasteiger partial charge in [-0.1, -0.05) is 0 Å². The van der Waals surface area contributed by atoms with Crippen molar-refractivity contribution in [2.75, 3.05) is 25.1 Å². The maximum absolute atomic E-state index is 10.6. The third-order valence-corrected chi connectivity index (χ3v) is 1.27. The highest BCUT2D eigenvalue weighted by Crippen LogP contribution is 1.88. The fourth-order valence-electron chi connectivity index (χ4n) is 0.384. The second kappa shape index (κ2) is 5.91. The topological polar surface area (TPSA) is 52.9 Å². The van der Waals surface area contributed by atoms with Gasteiger partial charge in [-0.2, -0.15) is 11.8 Å². The summed E-state index contributed by atoms with van der Waals surface area (Å²) >= 11 is 1.49. The lowest BCUT2D eigenvalue weighted by atomic mass is 10.6. The molecule has 4 heteroatoms. The minimum atomic E-state index is 0.0229. The summed E-state index contributed by atoms with van der Waals surface area (Å²) in [5.74, 6) is 0.523. The Balaban J connectivity index is 3.06. The number of hydrogen-bond donors (Lipinski definition) is 1. The van der Waals surface area contributed by atoms with Crippen molar-refractivity contribution in [2.24, 2.45) is 0 Å². The summed E-state index contributed by atoms with van der Waals surface area (Å²) < 4.78 is 0. The van der Waals surface area contributed by atoms with Crippen molar-refractivity contribution in [3.63, 3.8) is 0 Å². The number of thioether (sulfide) groups is 1. The molecule has 0 unspecified atom stereocenters. The molecule has 0 heterocycles. The van der Waals surface area contributed by atoms with E-state index in [1.54, 1.807) is 0 Å². The van der Waals surface area contributed by atoms with E-state index in [-0.39, 0.29) is 12.5 Å². The summed E-state index contributed by atoms with van der Waals surface area (Å²) in [5.41, 5.74) is 6.71. The van der Waals surface area contributed by atoms with Crippen LogP contribution in [0.4, 0.5) is 0 Å². The Labute approximate surface area is 59.4 Å². The number of amides is 1. The normalized spacial score (nSPS) is 9.11. The Morgan fingerprint density at radius 1 is 1.78 bits per heavy atom. The van der Waals surface area contributed by atoms with Gasteiger partial charge in [0.25, 0.3) is 0 Å². The summed E-state index contributed by atoms with van der Waals surface area (Å²) in [6, 6.07) is 0. The van der Waals surface area contributed by atoms with E-state index in [1.807, 2.05) is 6.26 Å². The van der Waals surface area contributed by atoms with Crippen LogP contribution >= 0.6 is 11.8 Å². The minimum absolute atomic E-state index is 0.0229. The van der Waals surface area contributed by atoms with E-state index >= 15 is 0 Å². The van der Waals surface area contributed by atoms with Crippen LogP contribution in [0.15, 0.2) is 0 Å². The molecule has 1 amide bonds. The minimum Gasteiger partial charge on any atom is -0.676 e. The van der Waals surface area contributed by atoms with Crippen LogP contribution in [0, 0.1) is 0 Å². The van der Waals surface area contributed by atoms with Crippen molar-refractivity contribution in [3.05, 3.63) is 5.73 Å². The van der Waals surface area contributed by atoms with Crippen molar-refractivity contribution < 1.29 is 4.79 Å². The Morgan fingerprint density at radius 3 is 2.89 bits per heavy atom. The Kier molecular flexibility index (Phi) is 5.76. The smallest absolute Gasteiger partial charge is 0.229 e. The monoisotopic (exact) mass is 147 g/mol. The first-order chi connectivity index (χ1) is 4.31. The molecular weight excluding hydrogens is 136 g/mol. The molecule has 0 aromatic rings. The van der Waals surface area contributed by atoms with Crippen LogP contribution in [-0.2, 0) is 4.79 Å². The summed E-state index contributed by atoms with van der Waals surface area (Å²) in [5, 5.41) is 2.59. The number of rotatable bonds is 4. The summed E-state index contributed by atoms with van der Waals surface area (Å²) in [4.78, 5) is 10.6. The molecule has 0 radical (unpaired) electrons. The molecule has 3 nitrogen and oxygen atoms in total. The van der Waals surface area contributed by atoms with Crippen LogP contribution in [0.25, 0.3) is 5.73 Å². The van der Waals surface area contributed by atoms with Gasteiger partial charge in [0.2, 0.25) is 5.91 Å². The van der Waals surface area contributed by atoms with Gasteiger partial charge >= 0.3 is 0 Å². The van der Waals surface area contributed by atoms with Gasteiger partial charge in [-0.3, -0.25) is 4.79 Å². The average Bonchev–Trinajstić information content (AvgIpc) is 1.85. The maximum Gasteiger partial charge on any atom is 0.229 e. The third kappa shape index (κ3) is 5.65. The molecule has 0 saturated carbocycles. The average molecular weight is 147 g/mol. The molecule has 0 aliphatic rings. The Hall–Kier alpha value is -0.220. The molecule has 0 aromatic carbocycles. The summed E-state index contributed by atoms with van der Waals surface area (Å²) in [7, 11) is 0. The quantitative estimate of drug-likeness (QED) is 0.630. The lowest BCUT2D eigenvalue weighted by Gasteiger charge is -2.03. The molecule has 0 aromatic heterocycles. The van der Waals surface area contributed by atoms with E-state index < -0.39 is 0 Å². The van der Waals surface area contributed by atoms with E-state index in [9.17, 15) is 4.79 Å². The van der Waals surface area contributed by atoms with Crippen molar-refractivity contribution >= 4 is 17.7 Å². The standard InChI is InChI=1S/C5H11N2OS/c1-9-4-5(8)7-3-2-6/h6H,2-4H2,1H3,(H,7,8)/q-1. The molecule has 54 valence electrons. The van der Waals surface area contributed by atoms with Gasteiger partial charge in [-0.25, -0.2) is 0 Å². The molecule has 9 heavy (non-hydrogen) atoms. The molecule has 0 saturated heterocycles. The van der Waals surface area contributed by atoms with Crippen LogP contribution in [-0.4, -0.2) is 31.0 Å². The van der Waals surface area contributed by atoms with Gasteiger partial charge in [0.1, 0.15) is 0 Å². The third-order valence-electron chi connectivity index (χ3n) is 0.723. The van der Waals surface area contributed by atoms with Crippen LogP contribution in [0.3, 0.4) is 0 Å². The maximum atomic E-state index is 10.6. The van der Waals surface area contributed by atoms with E-state index in [1.165, 1.54) is 11.8 Å². The predicted octanol–water partition coefficient (Wildman–Crippen LogP) is 0.518. The molecule has 0 bridgehead atoms. The van der Waals surface area contributed by atoms with E-state index in [4.69, 9.17) is 5.73 Å². The zero-order valence-electron chi connectivity index (χ0n) is 5.44. The number of hydrogen-bond acceptors (Lipinski definition) is 2. The molecule has 0 aliphatic heterocycles. The highest BCUT2D eigenvalue weighted by atomic mass is 32.2. The van der Waals surface area contributed by atoms with Gasteiger partial charge < -0.3 is 11.1 Å². The van der Waals surface area contributed by atoms with E-state index in [0.717, 1.165) is 0 Å². The van der Waals surface area contributed by atoms with Crippen molar-refractivity contribution in [2.45, 2.75) is 0 Å². The second-order valence-electron chi connectivity index (χ2n) is 1.53. The van der Waals surface area contributed by atoms with Crippen LogP contribution in [0.2, 0.25) is 0 Å². The van der Waals surface area contributed by atoms with E-state index in [0.29, 0.717) is 12.3 Å². The Morgan fingerprint density at radius 2 is 2.44 bits per heavy atom. The van der Waals surface area contributed by atoms with E-state index in [2.05, 4.69) is 5.32 Å². The highest BCUT2D eigenvalue weighted by Gasteiger charge is 1.93. The van der Waals surface area contributed by atoms with Crippen LogP contribution < -0.4 is 5.32 Å². The molecule has 2 N–H and O–H groups in total. The fraction of sp³-hybridized carbons (Fsp3) is 0.800. The second-order valence-corrected chi connectivity index (χ2v) is 2.40. The molecule has 0 spiro atoms. The Bertz CT molecular complexity index is 87.0. The van der Waals surface area contributed by atoms with Crippen molar-refractivity contribution in [1.82, 2.24) is 5.32 Å². The largest absolute Gasteiger partial charge is 0.676 e.